The van der Waals surface area contributed by atoms with Gasteiger partial charge in [0.05, 0.1) is 26.2 Å². The summed E-state index contributed by atoms with van der Waals surface area (Å²) < 4.78 is 44.2. The molecule has 204 valence electrons. The largest absolute Gasteiger partial charge is 0.493 e. The molecule has 1 atom stereocenters. The average molecular weight is 534 g/mol. The van der Waals surface area contributed by atoms with Crippen molar-refractivity contribution >= 4 is 21.6 Å². The van der Waals surface area contributed by atoms with Crippen LogP contribution in [0.5, 0.6) is 17.2 Å². The first-order valence-electron chi connectivity index (χ1n) is 12.4. The van der Waals surface area contributed by atoms with Gasteiger partial charge in [-0.15, -0.1) is 0 Å². The number of hydrogen-bond donors (Lipinski definition) is 2. The molecule has 1 aliphatic heterocycles. The summed E-state index contributed by atoms with van der Waals surface area (Å²) in [6.45, 7) is 8.90. The summed E-state index contributed by atoms with van der Waals surface area (Å²) in [6.07, 6.45) is 1.72. The Morgan fingerprint density at radius 1 is 0.973 bits per heavy atom. The van der Waals surface area contributed by atoms with E-state index in [2.05, 4.69) is 17.6 Å². The molecule has 10 heteroatoms. The number of hydrogen-bond acceptors (Lipinski definition) is 7. The molecule has 37 heavy (non-hydrogen) atoms. The van der Waals surface area contributed by atoms with Crippen molar-refractivity contribution in [2.24, 2.45) is 5.92 Å². The Balaban J connectivity index is 1.93. The van der Waals surface area contributed by atoms with E-state index in [1.165, 1.54) is 21.3 Å². The Bertz CT molecular complexity index is 1160. The van der Waals surface area contributed by atoms with Gasteiger partial charge in [0.1, 0.15) is 6.04 Å². The van der Waals surface area contributed by atoms with Crippen LogP contribution in [0.15, 0.2) is 41.3 Å². The molecule has 9 nitrogen and oxygen atoms in total. The van der Waals surface area contributed by atoms with Gasteiger partial charge >= 0.3 is 0 Å². The van der Waals surface area contributed by atoms with E-state index >= 15 is 0 Å². The molecule has 3 rings (SSSR count). The lowest BCUT2D eigenvalue weighted by molar-refractivity contribution is -0.123. The van der Waals surface area contributed by atoms with Gasteiger partial charge in [-0.2, -0.15) is 4.31 Å². The van der Waals surface area contributed by atoms with Crippen molar-refractivity contribution in [2.75, 3.05) is 39.7 Å². The van der Waals surface area contributed by atoms with Crippen LogP contribution in [-0.4, -0.2) is 58.6 Å². The van der Waals surface area contributed by atoms with E-state index in [9.17, 15) is 13.2 Å². The molecule has 0 radical (unpaired) electrons. The van der Waals surface area contributed by atoms with Gasteiger partial charge in [-0.1, -0.05) is 6.92 Å². The average Bonchev–Trinajstić information content (AvgIpc) is 2.85. The van der Waals surface area contributed by atoms with Gasteiger partial charge in [0, 0.05) is 24.3 Å². The van der Waals surface area contributed by atoms with Crippen molar-refractivity contribution < 1.29 is 27.4 Å². The van der Waals surface area contributed by atoms with Gasteiger partial charge in [-0.05, 0) is 81.5 Å². The highest BCUT2D eigenvalue weighted by Gasteiger charge is 2.29. The van der Waals surface area contributed by atoms with Crippen molar-refractivity contribution in [1.29, 1.82) is 0 Å². The zero-order valence-corrected chi connectivity index (χ0v) is 23.6. The molecule has 0 spiro atoms. The second kappa shape index (κ2) is 11.6. The predicted molar refractivity (Wildman–Crippen MR) is 144 cm³/mol. The van der Waals surface area contributed by atoms with Crippen molar-refractivity contribution in [3.63, 3.8) is 0 Å². The third kappa shape index (κ3) is 6.87. The Morgan fingerprint density at radius 2 is 1.51 bits per heavy atom. The maximum Gasteiger partial charge on any atom is 0.247 e. The first-order valence-corrected chi connectivity index (χ1v) is 13.8. The molecule has 0 aromatic heterocycles. The highest BCUT2D eigenvalue weighted by Crippen LogP contribution is 2.40. The van der Waals surface area contributed by atoms with Crippen LogP contribution in [-0.2, 0) is 14.8 Å². The van der Waals surface area contributed by atoms with E-state index in [0.29, 0.717) is 47.5 Å². The highest BCUT2D eigenvalue weighted by atomic mass is 32.2. The first kappa shape index (κ1) is 28.6. The van der Waals surface area contributed by atoms with E-state index in [4.69, 9.17) is 14.2 Å². The van der Waals surface area contributed by atoms with E-state index < -0.39 is 21.6 Å². The Morgan fingerprint density at radius 3 is 1.97 bits per heavy atom. The minimum atomic E-state index is -3.57. The topological polar surface area (TPSA) is 106 Å². The summed E-state index contributed by atoms with van der Waals surface area (Å²) in [5, 5.41) is 6.26. The second-order valence-electron chi connectivity index (χ2n) is 10.4. The van der Waals surface area contributed by atoms with E-state index in [-0.39, 0.29) is 10.8 Å². The highest BCUT2D eigenvalue weighted by molar-refractivity contribution is 7.89. The lowest BCUT2D eigenvalue weighted by atomic mass is 10.0. The van der Waals surface area contributed by atoms with Gasteiger partial charge in [0.25, 0.3) is 0 Å². The number of nitrogens with zero attached hydrogens (tertiary/aromatic N) is 1. The zero-order valence-electron chi connectivity index (χ0n) is 22.8. The Hall–Kier alpha value is -2.98. The number of methoxy groups -OCH3 is 3. The van der Waals surface area contributed by atoms with Gasteiger partial charge in [-0.25, -0.2) is 8.42 Å². The summed E-state index contributed by atoms with van der Waals surface area (Å²) in [6, 6.07) is 9.12. The predicted octanol–water partition coefficient (Wildman–Crippen LogP) is 4.20. The fourth-order valence-corrected chi connectivity index (χ4v) is 5.74. The van der Waals surface area contributed by atoms with E-state index in [0.717, 1.165) is 12.8 Å². The maximum absolute atomic E-state index is 13.4. The molecule has 1 heterocycles. The molecule has 1 unspecified atom stereocenters. The number of carbonyl (C=O) groups is 1. The summed E-state index contributed by atoms with van der Waals surface area (Å²) in [7, 11) is 0.976. The fraction of sp³-hybridized carbons (Fsp3) is 0.519. The second-order valence-corrected chi connectivity index (χ2v) is 12.3. The van der Waals surface area contributed by atoms with Crippen LogP contribution < -0.4 is 24.8 Å². The molecule has 1 fully saturated rings. The van der Waals surface area contributed by atoms with Crippen LogP contribution in [0.4, 0.5) is 5.69 Å². The number of anilines is 1. The van der Waals surface area contributed by atoms with Crippen LogP contribution >= 0.6 is 0 Å². The number of nitrogens with one attached hydrogen (secondary N) is 2. The maximum atomic E-state index is 13.4. The first-order chi connectivity index (χ1) is 17.4. The van der Waals surface area contributed by atoms with Crippen LogP contribution in [0.25, 0.3) is 0 Å². The summed E-state index contributed by atoms with van der Waals surface area (Å²) in [5.41, 5.74) is 0.714. The monoisotopic (exact) mass is 533 g/mol. The molecule has 0 bridgehead atoms. The van der Waals surface area contributed by atoms with Crippen LogP contribution in [0.3, 0.4) is 0 Å². The zero-order chi connectivity index (χ0) is 27.4. The molecular formula is C27H39N3O6S. The fourth-order valence-electron chi connectivity index (χ4n) is 4.27. The molecule has 0 aliphatic carbocycles. The van der Waals surface area contributed by atoms with Gasteiger partial charge in [0.2, 0.25) is 21.7 Å². The van der Waals surface area contributed by atoms with Gasteiger partial charge in [0.15, 0.2) is 11.5 Å². The van der Waals surface area contributed by atoms with Crippen LogP contribution in [0.1, 0.15) is 52.1 Å². The van der Waals surface area contributed by atoms with E-state index in [1.54, 1.807) is 40.7 Å². The van der Waals surface area contributed by atoms with Crippen molar-refractivity contribution in [1.82, 2.24) is 9.62 Å². The molecule has 2 aromatic carbocycles. The number of piperidine rings is 1. The summed E-state index contributed by atoms with van der Waals surface area (Å²) >= 11 is 0. The lowest BCUT2D eigenvalue weighted by Crippen LogP contribution is -2.44. The summed E-state index contributed by atoms with van der Waals surface area (Å²) in [5.74, 6) is 1.53. The molecule has 1 aliphatic rings. The minimum absolute atomic E-state index is 0.232. The van der Waals surface area contributed by atoms with E-state index in [1.807, 2.05) is 20.8 Å². The van der Waals surface area contributed by atoms with Crippen molar-refractivity contribution in [2.45, 2.75) is 57.0 Å². The number of rotatable bonds is 9. The Kier molecular flexibility index (Phi) is 8.96. The molecule has 1 amide bonds. The molecule has 0 saturated carbocycles. The smallest absolute Gasteiger partial charge is 0.247 e. The standard InChI is InChI=1S/C27H39N3O6S/c1-18-12-14-30(15-13-18)37(32,33)21-10-8-20(9-11-21)28-24(26(31)29-27(2,3)4)19-16-22(34-5)25(36-7)23(17-19)35-6/h8-11,16-18,24,28H,12-15H2,1-7H3,(H,29,31). The van der Waals surface area contributed by atoms with Crippen LogP contribution in [0.2, 0.25) is 0 Å². The minimum Gasteiger partial charge on any atom is -0.493 e. The van der Waals surface area contributed by atoms with Gasteiger partial charge < -0.3 is 24.8 Å². The number of benzene rings is 2. The molecular weight excluding hydrogens is 494 g/mol. The number of amides is 1. The molecule has 1 saturated heterocycles. The molecule has 2 aromatic rings. The molecule has 2 N–H and O–H groups in total. The SMILES string of the molecule is COc1cc(C(Nc2ccc(S(=O)(=O)N3CCC(C)CC3)cc2)C(=O)NC(C)(C)C)cc(OC)c1OC. The third-order valence-corrected chi connectivity index (χ3v) is 8.24. The van der Waals surface area contributed by atoms with Gasteiger partial charge in [-0.3, -0.25) is 4.79 Å². The number of ether oxygens (including phenoxy) is 3. The number of carbonyl (C=O) groups excluding carboxylic acids is 1. The lowest BCUT2D eigenvalue weighted by Gasteiger charge is -2.29. The Labute approximate surface area is 220 Å². The normalized spacial score (nSPS) is 16.1. The van der Waals surface area contributed by atoms with Crippen LogP contribution in [0, 0.1) is 5.92 Å². The third-order valence-electron chi connectivity index (χ3n) is 6.33. The quantitative estimate of drug-likeness (QED) is 0.498. The van der Waals surface area contributed by atoms with Crippen molar-refractivity contribution in [3.8, 4) is 17.2 Å². The van der Waals surface area contributed by atoms with Crippen molar-refractivity contribution in [3.05, 3.63) is 42.0 Å². The summed E-state index contributed by atoms with van der Waals surface area (Å²) in [4.78, 5) is 13.6. The number of sulfonamides is 1.